The van der Waals surface area contributed by atoms with Gasteiger partial charge in [0.2, 0.25) is 5.91 Å². The van der Waals surface area contributed by atoms with Crippen LogP contribution in [-0.4, -0.2) is 30.2 Å². The molecular formula is C21H19F2N5O. The van der Waals surface area contributed by atoms with Crippen LogP contribution in [0, 0.1) is 11.6 Å². The fraction of sp³-hybridized carbons (Fsp3) is 0.0952. The average Bonchev–Trinajstić information content (AvgIpc) is 2.70. The number of hydrogen-bond acceptors (Lipinski definition) is 5. The van der Waals surface area contributed by atoms with Crippen LogP contribution in [-0.2, 0) is 4.79 Å². The number of benzene rings is 2. The topological polar surface area (TPSA) is 70.2 Å². The zero-order valence-corrected chi connectivity index (χ0v) is 15.9. The van der Waals surface area contributed by atoms with E-state index in [0.29, 0.717) is 11.5 Å². The summed E-state index contributed by atoms with van der Waals surface area (Å²) in [6.07, 6.45) is 4.03. The van der Waals surface area contributed by atoms with E-state index < -0.39 is 17.5 Å². The van der Waals surface area contributed by atoms with Crippen LogP contribution >= 0.6 is 0 Å². The molecule has 0 spiro atoms. The van der Waals surface area contributed by atoms with E-state index in [-0.39, 0.29) is 5.56 Å². The molecule has 0 fully saturated rings. The number of anilines is 4. The smallest absolute Gasteiger partial charge is 0.248 e. The van der Waals surface area contributed by atoms with Gasteiger partial charge >= 0.3 is 0 Å². The largest absolute Gasteiger partial charge is 0.376 e. The van der Waals surface area contributed by atoms with Crippen molar-refractivity contribution in [1.29, 1.82) is 0 Å². The Morgan fingerprint density at radius 2 is 1.76 bits per heavy atom. The number of carbonyl (C=O) groups excluding carboxylic acids is 1. The Morgan fingerprint density at radius 1 is 1.03 bits per heavy atom. The van der Waals surface area contributed by atoms with Crippen LogP contribution in [0.3, 0.4) is 0 Å². The molecule has 0 unspecified atom stereocenters. The van der Waals surface area contributed by atoms with Crippen LogP contribution in [0.2, 0.25) is 0 Å². The predicted octanol–water partition coefficient (Wildman–Crippen LogP) is 4.22. The van der Waals surface area contributed by atoms with Crippen molar-refractivity contribution >= 4 is 34.9 Å². The zero-order valence-electron chi connectivity index (χ0n) is 15.9. The monoisotopic (exact) mass is 395 g/mol. The third kappa shape index (κ3) is 5.58. The van der Waals surface area contributed by atoms with Crippen LogP contribution in [0.25, 0.3) is 6.08 Å². The van der Waals surface area contributed by atoms with E-state index in [2.05, 4.69) is 20.8 Å². The number of nitrogens with one attached hydrogen (secondary N) is 2. The fourth-order valence-electron chi connectivity index (χ4n) is 2.44. The van der Waals surface area contributed by atoms with Crippen LogP contribution in [0.4, 0.5) is 31.7 Å². The molecule has 6 nitrogen and oxygen atoms in total. The van der Waals surface area contributed by atoms with Gasteiger partial charge in [-0.2, -0.15) is 5.10 Å². The van der Waals surface area contributed by atoms with E-state index in [0.717, 1.165) is 35.6 Å². The standard InChI is InChI=1S/C21H19F2N5O/c1-28(2)18-12-20(27-24-13-18)25-16-5-7-17(8-6-16)26-21(29)10-3-14-11-15(22)4-9-19(14)23/h3-13H,1-2H3,(H,25,27)(H,26,29)/b10-3+. The molecule has 0 aliphatic heterocycles. The molecule has 0 bridgehead atoms. The molecule has 2 N–H and O–H groups in total. The van der Waals surface area contributed by atoms with Crippen molar-refractivity contribution in [3.8, 4) is 0 Å². The van der Waals surface area contributed by atoms with Crippen LogP contribution in [0.1, 0.15) is 5.56 Å². The number of nitrogens with zero attached hydrogens (tertiary/aromatic N) is 3. The van der Waals surface area contributed by atoms with Crippen molar-refractivity contribution in [3.05, 3.63) is 78.0 Å². The number of aromatic nitrogens is 2. The summed E-state index contributed by atoms with van der Waals surface area (Å²) in [6, 6.07) is 11.9. The van der Waals surface area contributed by atoms with Gasteiger partial charge in [-0.1, -0.05) is 0 Å². The SMILES string of the molecule is CN(C)c1cnnc(Nc2ccc(NC(=O)/C=C/c3cc(F)ccc3F)cc2)c1. The summed E-state index contributed by atoms with van der Waals surface area (Å²) in [6.45, 7) is 0. The van der Waals surface area contributed by atoms with Gasteiger partial charge in [0.1, 0.15) is 11.6 Å². The maximum atomic E-state index is 13.6. The van der Waals surface area contributed by atoms with E-state index in [9.17, 15) is 13.6 Å². The second-order valence-corrected chi connectivity index (χ2v) is 6.38. The molecule has 0 aliphatic carbocycles. The first-order valence-corrected chi connectivity index (χ1v) is 8.72. The quantitative estimate of drug-likeness (QED) is 0.612. The molecule has 2 aromatic carbocycles. The number of hydrogen-bond donors (Lipinski definition) is 2. The Labute approximate surface area is 166 Å². The van der Waals surface area contributed by atoms with Crippen molar-refractivity contribution in [2.45, 2.75) is 0 Å². The molecule has 29 heavy (non-hydrogen) atoms. The molecule has 1 heterocycles. The molecular weight excluding hydrogens is 376 g/mol. The van der Waals surface area contributed by atoms with Crippen molar-refractivity contribution in [1.82, 2.24) is 10.2 Å². The van der Waals surface area contributed by atoms with Gasteiger partial charge in [-0.25, -0.2) is 8.78 Å². The first-order chi connectivity index (χ1) is 13.9. The van der Waals surface area contributed by atoms with Gasteiger partial charge in [0.25, 0.3) is 0 Å². The maximum Gasteiger partial charge on any atom is 0.248 e. The summed E-state index contributed by atoms with van der Waals surface area (Å²) in [5.41, 5.74) is 2.23. The lowest BCUT2D eigenvalue weighted by Crippen LogP contribution is -2.10. The van der Waals surface area contributed by atoms with Gasteiger partial charge in [-0.15, -0.1) is 5.10 Å². The number of rotatable bonds is 6. The van der Waals surface area contributed by atoms with Crippen molar-refractivity contribution in [2.24, 2.45) is 0 Å². The summed E-state index contributed by atoms with van der Waals surface area (Å²) < 4.78 is 26.7. The Kier molecular flexibility index (Phi) is 6.13. The highest BCUT2D eigenvalue weighted by molar-refractivity contribution is 6.02. The third-order valence-corrected chi connectivity index (χ3v) is 3.95. The Hall–Kier alpha value is -3.81. The first-order valence-electron chi connectivity index (χ1n) is 8.72. The van der Waals surface area contributed by atoms with Crippen LogP contribution in [0.5, 0.6) is 0 Å². The molecule has 3 aromatic rings. The van der Waals surface area contributed by atoms with Gasteiger partial charge in [0.05, 0.1) is 11.9 Å². The Morgan fingerprint density at radius 3 is 2.48 bits per heavy atom. The summed E-state index contributed by atoms with van der Waals surface area (Å²) in [5.74, 6) is -1.05. The van der Waals surface area contributed by atoms with Gasteiger partial charge in [-0.3, -0.25) is 4.79 Å². The average molecular weight is 395 g/mol. The molecule has 8 heteroatoms. The molecule has 0 saturated carbocycles. The Balaban J connectivity index is 1.61. The second kappa shape index (κ2) is 8.92. The predicted molar refractivity (Wildman–Crippen MR) is 110 cm³/mol. The highest BCUT2D eigenvalue weighted by atomic mass is 19.1. The number of amides is 1. The second-order valence-electron chi connectivity index (χ2n) is 6.38. The summed E-state index contributed by atoms with van der Waals surface area (Å²) >= 11 is 0. The zero-order chi connectivity index (χ0) is 20.8. The minimum atomic E-state index is -0.604. The van der Waals surface area contributed by atoms with Gasteiger partial charge < -0.3 is 15.5 Å². The minimum Gasteiger partial charge on any atom is -0.376 e. The number of carbonyl (C=O) groups is 1. The molecule has 0 radical (unpaired) electrons. The molecule has 148 valence electrons. The van der Waals surface area contributed by atoms with Crippen LogP contribution < -0.4 is 15.5 Å². The van der Waals surface area contributed by atoms with E-state index >= 15 is 0 Å². The van der Waals surface area contributed by atoms with Gasteiger partial charge in [-0.05, 0) is 48.5 Å². The normalized spacial score (nSPS) is 10.8. The minimum absolute atomic E-state index is 0.000706. The highest BCUT2D eigenvalue weighted by Gasteiger charge is 2.04. The van der Waals surface area contributed by atoms with Gasteiger partial charge in [0.15, 0.2) is 5.82 Å². The van der Waals surface area contributed by atoms with Crippen molar-refractivity contribution in [3.63, 3.8) is 0 Å². The molecule has 0 atom stereocenters. The van der Waals surface area contributed by atoms with E-state index in [1.165, 1.54) is 6.08 Å². The molecule has 1 aromatic heterocycles. The first kappa shape index (κ1) is 19.9. The Bertz CT molecular complexity index is 1040. The number of halogens is 2. The summed E-state index contributed by atoms with van der Waals surface area (Å²) in [4.78, 5) is 13.9. The molecule has 3 rings (SSSR count). The maximum absolute atomic E-state index is 13.6. The van der Waals surface area contributed by atoms with E-state index in [1.807, 2.05) is 25.1 Å². The summed E-state index contributed by atoms with van der Waals surface area (Å²) in [7, 11) is 3.82. The van der Waals surface area contributed by atoms with Gasteiger partial charge in [0, 0.05) is 43.2 Å². The fourth-order valence-corrected chi connectivity index (χ4v) is 2.44. The summed E-state index contributed by atoms with van der Waals surface area (Å²) in [5, 5.41) is 13.8. The highest BCUT2D eigenvalue weighted by Crippen LogP contribution is 2.20. The lowest BCUT2D eigenvalue weighted by molar-refractivity contribution is -0.111. The lowest BCUT2D eigenvalue weighted by atomic mass is 10.2. The third-order valence-electron chi connectivity index (χ3n) is 3.95. The molecule has 0 saturated heterocycles. The van der Waals surface area contributed by atoms with E-state index in [1.54, 1.807) is 30.5 Å². The lowest BCUT2D eigenvalue weighted by Gasteiger charge is -2.13. The van der Waals surface area contributed by atoms with Crippen molar-refractivity contribution < 1.29 is 13.6 Å². The van der Waals surface area contributed by atoms with Crippen molar-refractivity contribution in [2.75, 3.05) is 29.6 Å². The van der Waals surface area contributed by atoms with E-state index in [4.69, 9.17) is 0 Å². The van der Waals surface area contributed by atoms with Crippen LogP contribution in [0.15, 0.2) is 60.8 Å². The molecule has 0 aliphatic rings. The molecule has 1 amide bonds.